The number of hydroxylamine groups is 1. The lowest BCUT2D eigenvalue weighted by Gasteiger charge is -2.14. The van der Waals surface area contributed by atoms with Crippen LogP contribution < -0.4 is 14.9 Å². The van der Waals surface area contributed by atoms with Gasteiger partial charge >= 0.3 is 0 Å². The Bertz CT molecular complexity index is 832. The van der Waals surface area contributed by atoms with Gasteiger partial charge in [-0.1, -0.05) is 18.2 Å². The zero-order valence-corrected chi connectivity index (χ0v) is 14.6. The van der Waals surface area contributed by atoms with Crippen molar-refractivity contribution in [3.8, 4) is 11.5 Å². The molecule has 1 unspecified atom stereocenters. The first-order chi connectivity index (χ1) is 12.2. The third-order valence-corrected chi connectivity index (χ3v) is 5.03. The molecule has 0 aromatic heterocycles. The van der Waals surface area contributed by atoms with Crippen molar-refractivity contribution in [2.45, 2.75) is 11.0 Å². The summed E-state index contributed by atoms with van der Waals surface area (Å²) in [6, 6.07) is 11.0. The molecule has 130 valence electrons. The Morgan fingerprint density at radius 2 is 2.24 bits per heavy atom. The van der Waals surface area contributed by atoms with Gasteiger partial charge in [0.2, 0.25) is 0 Å². The van der Waals surface area contributed by atoms with E-state index in [0.717, 1.165) is 22.6 Å². The number of hydrogen-bond acceptors (Lipinski definition) is 6. The van der Waals surface area contributed by atoms with E-state index in [0.29, 0.717) is 30.2 Å². The molecule has 1 fully saturated rings. The van der Waals surface area contributed by atoms with Crippen LogP contribution in [0.25, 0.3) is 11.6 Å². The van der Waals surface area contributed by atoms with Crippen LogP contribution in [0.2, 0.25) is 0 Å². The summed E-state index contributed by atoms with van der Waals surface area (Å²) in [5, 5.41) is 23.7. The zero-order chi connectivity index (χ0) is 17.4. The van der Waals surface area contributed by atoms with Crippen LogP contribution >= 0.6 is 11.8 Å². The molecular weight excluding hydrogens is 338 g/mol. The van der Waals surface area contributed by atoms with Crippen molar-refractivity contribution in [3.05, 3.63) is 47.5 Å². The summed E-state index contributed by atoms with van der Waals surface area (Å²) < 4.78 is 11.1. The Balaban J connectivity index is 1.70. The normalized spacial score (nSPS) is 20.0. The summed E-state index contributed by atoms with van der Waals surface area (Å²) in [5.41, 5.74) is 2.99. The third kappa shape index (κ3) is 3.33. The minimum absolute atomic E-state index is 0.0259. The Morgan fingerprint density at radius 1 is 1.40 bits per heavy atom. The Hall–Kier alpha value is -2.15. The number of fused-ring (bicyclic) bond motifs is 1. The van der Waals surface area contributed by atoms with Crippen LogP contribution in [0.5, 0.6) is 11.5 Å². The minimum Gasteiger partial charge on any atom is -0.872 e. The average molecular weight is 356 g/mol. The Kier molecular flexibility index (Phi) is 4.33. The molecule has 4 rings (SSSR count). The molecule has 25 heavy (non-hydrogen) atoms. The van der Waals surface area contributed by atoms with E-state index in [9.17, 15) is 10.3 Å². The summed E-state index contributed by atoms with van der Waals surface area (Å²) in [5.74, 6) is 0.672. The van der Waals surface area contributed by atoms with Crippen LogP contribution in [-0.2, 0) is 4.74 Å². The van der Waals surface area contributed by atoms with Crippen LogP contribution in [0.3, 0.4) is 0 Å². The molecule has 6 heteroatoms. The number of nitrogens with zero attached hydrogens (tertiary/aromatic N) is 1. The van der Waals surface area contributed by atoms with Crippen molar-refractivity contribution >= 4 is 29.1 Å². The van der Waals surface area contributed by atoms with Crippen molar-refractivity contribution in [2.75, 3.05) is 31.1 Å². The molecule has 1 N–H and O–H groups in total. The smallest absolute Gasteiger partial charge is 0.129 e. The molecule has 2 aliphatic rings. The second-order valence-corrected chi connectivity index (χ2v) is 6.93. The standard InChI is InChI=1S/C19H19NO4S/c1-25-15-6-5-12(17(21)8-15)7-13-9-20(22)16-3-2-4-18(19(13)16)24-11-14-10-23-14/h2-8,14,21-22H,9-11H2,1H3/p-1. The van der Waals surface area contributed by atoms with Crippen molar-refractivity contribution in [2.24, 2.45) is 0 Å². The average Bonchev–Trinajstić information content (AvgIpc) is 3.39. The van der Waals surface area contributed by atoms with E-state index in [1.165, 1.54) is 5.06 Å². The van der Waals surface area contributed by atoms with E-state index in [4.69, 9.17) is 9.47 Å². The number of thioether (sulfide) groups is 1. The number of rotatable bonds is 5. The SMILES string of the molecule is CSc1ccc(C=C2CN(O)c3cccc(OCC4CO4)c32)c([O-])c1. The van der Waals surface area contributed by atoms with E-state index < -0.39 is 0 Å². The number of hydrogen-bond donors (Lipinski definition) is 1. The molecule has 2 aromatic rings. The van der Waals surface area contributed by atoms with E-state index >= 15 is 0 Å². The minimum atomic E-state index is -0.0259. The Labute approximate surface area is 150 Å². The first-order valence-electron chi connectivity index (χ1n) is 8.05. The summed E-state index contributed by atoms with van der Waals surface area (Å²) in [4.78, 5) is 0.941. The molecular formula is C19H18NO4S-. The van der Waals surface area contributed by atoms with Gasteiger partial charge in [-0.15, -0.1) is 17.5 Å². The predicted molar refractivity (Wildman–Crippen MR) is 96.3 cm³/mol. The van der Waals surface area contributed by atoms with E-state index in [1.807, 2.05) is 42.7 Å². The molecule has 0 bridgehead atoms. The van der Waals surface area contributed by atoms with Gasteiger partial charge in [0.15, 0.2) is 0 Å². The van der Waals surface area contributed by atoms with Crippen molar-refractivity contribution < 1.29 is 19.8 Å². The van der Waals surface area contributed by atoms with E-state index in [-0.39, 0.29) is 11.9 Å². The maximum Gasteiger partial charge on any atom is 0.129 e. The molecule has 2 heterocycles. The van der Waals surface area contributed by atoms with Gasteiger partial charge in [-0.2, -0.15) is 0 Å². The fraction of sp³-hybridized carbons (Fsp3) is 0.263. The number of ether oxygens (including phenoxy) is 2. The van der Waals surface area contributed by atoms with Gasteiger partial charge in [0.1, 0.15) is 18.5 Å². The maximum absolute atomic E-state index is 12.3. The van der Waals surface area contributed by atoms with Crippen LogP contribution in [-0.4, -0.2) is 37.3 Å². The molecule has 0 spiro atoms. The van der Waals surface area contributed by atoms with Gasteiger partial charge in [-0.3, -0.25) is 10.3 Å². The Morgan fingerprint density at radius 3 is 2.96 bits per heavy atom. The zero-order valence-electron chi connectivity index (χ0n) is 13.8. The topological polar surface area (TPSA) is 68.3 Å². The third-order valence-electron chi connectivity index (χ3n) is 4.30. The fourth-order valence-electron chi connectivity index (χ4n) is 2.92. The van der Waals surface area contributed by atoms with Crippen LogP contribution in [0.4, 0.5) is 5.69 Å². The monoisotopic (exact) mass is 356 g/mol. The number of epoxide rings is 1. The molecule has 2 aliphatic heterocycles. The van der Waals surface area contributed by atoms with Gasteiger partial charge < -0.3 is 14.6 Å². The first kappa shape index (κ1) is 16.3. The van der Waals surface area contributed by atoms with Gasteiger partial charge in [0, 0.05) is 10.5 Å². The van der Waals surface area contributed by atoms with Gasteiger partial charge in [0.25, 0.3) is 0 Å². The molecule has 0 radical (unpaired) electrons. The second kappa shape index (κ2) is 6.63. The van der Waals surface area contributed by atoms with Gasteiger partial charge in [-0.25, -0.2) is 0 Å². The highest BCUT2D eigenvalue weighted by molar-refractivity contribution is 7.98. The summed E-state index contributed by atoms with van der Waals surface area (Å²) in [6.07, 6.45) is 3.93. The molecule has 1 atom stereocenters. The highest BCUT2D eigenvalue weighted by Crippen LogP contribution is 2.42. The largest absolute Gasteiger partial charge is 0.872 e. The van der Waals surface area contributed by atoms with Gasteiger partial charge in [-0.05, 0) is 41.7 Å². The molecule has 2 aromatic carbocycles. The summed E-state index contributed by atoms with van der Waals surface area (Å²) in [7, 11) is 0. The van der Waals surface area contributed by atoms with E-state index in [1.54, 1.807) is 17.8 Å². The quantitative estimate of drug-likeness (QED) is 0.656. The lowest BCUT2D eigenvalue weighted by Crippen LogP contribution is -2.13. The van der Waals surface area contributed by atoms with Crippen molar-refractivity contribution in [1.82, 2.24) is 0 Å². The molecule has 5 nitrogen and oxygen atoms in total. The van der Waals surface area contributed by atoms with Crippen LogP contribution in [0.15, 0.2) is 41.3 Å². The first-order valence-corrected chi connectivity index (χ1v) is 9.28. The molecule has 1 saturated heterocycles. The molecule has 0 aliphatic carbocycles. The molecule has 0 saturated carbocycles. The fourth-order valence-corrected chi connectivity index (χ4v) is 3.35. The maximum atomic E-state index is 12.3. The van der Waals surface area contributed by atoms with E-state index in [2.05, 4.69) is 0 Å². The van der Waals surface area contributed by atoms with Crippen molar-refractivity contribution in [3.63, 3.8) is 0 Å². The number of benzene rings is 2. The van der Waals surface area contributed by atoms with Crippen LogP contribution in [0, 0.1) is 0 Å². The summed E-state index contributed by atoms with van der Waals surface area (Å²) in [6.45, 7) is 1.54. The predicted octanol–water partition coefficient (Wildman–Crippen LogP) is 3.01. The van der Waals surface area contributed by atoms with Crippen LogP contribution in [0.1, 0.15) is 11.1 Å². The highest BCUT2D eigenvalue weighted by atomic mass is 32.2. The lowest BCUT2D eigenvalue weighted by molar-refractivity contribution is -0.268. The highest BCUT2D eigenvalue weighted by Gasteiger charge is 2.28. The van der Waals surface area contributed by atoms with Crippen molar-refractivity contribution in [1.29, 1.82) is 0 Å². The molecule has 0 amide bonds. The lowest BCUT2D eigenvalue weighted by atomic mass is 10.0. The summed E-state index contributed by atoms with van der Waals surface area (Å²) >= 11 is 1.54. The number of anilines is 1. The van der Waals surface area contributed by atoms with Gasteiger partial charge in [0.05, 0.1) is 18.8 Å². The second-order valence-electron chi connectivity index (χ2n) is 6.05.